The minimum absolute atomic E-state index is 0.0359. The van der Waals surface area contributed by atoms with Gasteiger partial charge in [0.2, 0.25) is 0 Å². The van der Waals surface area contributed by atoms with Gasteiger partial charge in [-0.15, -0.1) is 0 Å². The highest BCUT2D eigenvalue weighted by atomic mass is 35.5. The first-order valence-electron chi connectivity index (χ1n) is 8.55. The molecule has 0 aromatic heterocycles. The first-order valence-corrected chi connectivity index (χ1v) is 8.93. The molecule has 146 valence electrons. The predicted octanol–water partition coefficient (Wildman–Crippen LogP) is 2.18. The average Bonchev–Trinajstić information content (AvgIpc) is 2.61. The van der Waals surface area contributed by atoms with E-state index in [1.807, 2.05) is 0 Å². The number of benzene rings is 1. The van der Waals surface area contributed by atoms with Gasteiger partial charge in [-0.05, 0) is 25.5 Å². The van der Waals surface area contributed by atoms with Gasteiger partial charge < -0.3 is 25.6 Å². The molecule has 2 rings (SSSR count). The van der Waals surface area contributed by atoms with Crippen molar-refractivity contribution in [3.05, 3.63) is 57.4 Å². The van der Waals surface area contributed by atoms with Gasteiger partial charge in [0, 0.05) is 17.3 Å². The molecule has 1 heterocycles. The van der Waals surface area contributed by atoms with E-state index in [0.717, 1.165) is 0 Å². The number of esters is 1. The van der Waals surface area contributed by atoms with Gasteiger partial charge >= 0.3 is 11.9 Å². The summed E-state index contributed by atoms with van der Waals surface area (Å²) in [6.07, 6.45) is 0. The molecular weight excluding hydrogens is 372 g/mol. The fraction of sp³-hybridized carbons (Fsp3) is 0.368. The van der Waals surface area contributed by atoms with Gasteiger partial charge in [-0.3, -0.25) is 0 Å². The van der Waals surface area contributed by atoms with Crippen molar-refractivity contribution in [2.24, 2.45) is 5.73 Å². The molecule has 0 radical (unpaired) electrons. The zero-order valence-electron chi connectivity index (χ0n) is 15.3. The second-order valence-corrected chi connectivity index (χ2v) is 6.28. The summed E-state index contributed by atoms with van der Waals surface area (Å²) in [4.78, 5) is 24.7. The van der Waals surface area contributed by atoms with E-state index in [9.17, 15) is 14.7 Å². The van der Waals surface area contributed by atoms with Gasteiger partial charge in [0.05, 0.1) is 42.6 Å². The maximum absolute atomic E-state index is 12.8. The molecule has 1 aromatic carbocycles. The third-order valence-corrected chi connectivity index (χ3v) is 4.44. The van der Waals surface area contributed by atoms with E-state index in [0.29, 0.717) is 35.1 Å². The van der Waals surface area contributed by atoms with Crippen LogP contribution in [-0.2, 0) is 19.1 Å². The molecule has 0 saturated heterocycles. The summed E-state index contributed by atoms with van der Waals surface area (Å²) in [5, 5.41) is 13.1. The Kier molecular flexibility index (Phi) is 7.41. The summed E-state index contributed by atoms with van der Waals surface area (Å²) in [6.45, 7) is 4.16. The minimum Gasteiger partial charge on any atom is -0.478 e. The van der Waals surface area contributed by atoms with E-state index >= 15 is 0 Å². The molecule has 0 fully saturated rings. The number of dihydropyridines is 1. The molecule has 0 saturated carbocycles. The van der Waals surface area contributed by atoms with E-state index in [-0.39, 0.29) is 24.4 Å². The van der Waals surface area contributed by atoms with E-state index in [1.54, 1.807) is 38.1 Å². The van der Waals surface area contributed by atoms with Gasteiger partial charge in [0.25, 0.3) is 0 Å². The van der Waals surface area contributed by atoms with Gasteiger partial charge in [-0.2, -0.15) is 0 Å². The van der Waals surface area contributed by atoms with Crippen LogP contribution < -0.4 is 11.1 Å². The summed E-state index contributed by atoms with van der Waals surface area (Å²) in [7, 11) is 0. The Balaban J connectivity index is 2.65. The molecule has 0 spiro atoms. The third kappa shape index (κ3) is 4.68. The molecular formula is C19H23ClN2O5. The lowest BCUT2D eigenvalue weighted by atomic mass is 9.80. The number of hydrogen-bond donors (Lipinski definition) is 3. The predicted molar refractivity (Wildman–Crippen MR) is 101 cm³/mol. The van der Waals surface area contributed by atoms with Crippen molar-refractivity contribution in [1.82, 2.24) is 5.32 Å². The van der Waals surface area contributed by atoms with Crippen LogP contribution in [0.2, 0.25) is 5.02 Å². The smallest absolute Gasteiger partial charge is 0.336 e. The number of halogens is 1. The number of ether oxygens (including phenoxy) is 2. The Labute approximate surface area is 162 Å². The number of nitrogens with two attached hydrogens (primary N) is 1. The quantitative estimate of drug-likeness (QED) is 0.457. The number of carboxylic acids is 1. The number of nitrogens with one attached hydrogen (secondary N) is 1. The van der Waals surface area contributed by atoms with Crippen LogP contribution in [0.4, 0.5) is 0 Å². The molecule has 0 bridgehead atoms. The Morgan fingerprint density at radius 2 is 2.00 bits per heavy atom. The molecule has 4 N–H and O–H groups in total. The lowest BCUT2D eigenvalue weighted by Crippen LogP contribution is -2.34. The Bertz CT molecular complexity index is 788. The maximum atomic E-state index is 12.8. The van der Waals surface area contributed by atoms with Gasteiger partial charge in [-0.1, -0.05) is 29.8 Å². The SMILES string of the molecule is CCOC(=O)C1=C(COCCN)NC(C)=C(C(=O)O)C1c1ccccc1Cl. The van der Waals surface area contributed by atoms with Crippen LogP contribution in [-0.4, -0.2) is 43.4 Å². The van der Waals surface area contributed by atoms with Gasteiger partial charge in [-0.25, -0.2) is 9.59 Å². The second kappa shape index (κ2) is 9.55. The van der Waals surface area contributed by atoms with Crippen LogP contribution in [0.1, 0.15) is 25.3 Å². The number of carbonyl (C=O) groups excluding carboxylic acids is 1. The van der Waals surface area contributed by atoms with Crippen molar-refractivity contribution in [1.29, 1.82) is 0 Å². The molecule has 1 aliphatic rings. The number of rotatable bonds is 8. The van der Waals surface area contributed by atoms with E-state index < -0.39 is 17.9 Å². The van der Waals surface area contributed by atoms with Crippen LogP contribution >= 0.6 is 11.6 Å². The normalized spacial score (nSPS) is 17.0. The highest BCUT2D eigenvalue weighted by Crippen LogP contribution is 2.41. The van der Waals surface area contributed by atoms with Crippen LogP contribution in [0.3, 0.4) is 0 Å². The number of hydrogen-bond acceptors (Lipinski definition) is 6. The maximum Gasteiger partial charge on any atom is 0.336 e. The first-order chi connectivity index (χ1) is 12.9. The van der Waals surface area contributed by atoms with Crippen LogP contribution in [0.25, 0.3) is 0 Å². The fourth-order valence-electron chi connectivity index (χ4n) is 3.02. The minimum atomic E-state index is -1.14. The van der Waals surface area contributed by atoms with E-state index in [2.05, 4.69) is 5.32 Å². The van der Waals surface area contributed by atoms with Crippen molar-refractivity contribution in [3.63, 3.8) is 0 Å². The Hall–Kier alpha value is -2.35. The van der Waals surface area contributed by atoms with Crippen molar-refractivity contribution in [2.45, 2.75) is 19.8 Å². The van der Waals surface area contributed by atoms with Crippen molar-refractivity contribution < 1.29 is 24.2 Å². The molecule has 0 aliphatic carbocycles. The zero-order chi connectivity index (χ0) is 20.0. The largest absolute Gasteiger partial charge is 0.478 e. The topological polar surface area (TPSA) is 111 Å². The van der Waals surface area contributed by atoms with Crippen molar-refractivity contribution in [3.8, 4) is 0 Å². The summed E-state index contributed by atoms with van der Waals surface area (Å²) < 4.78 is 10.7. The molecule has 1 aliphatic heterocycles. The van der Waals surface area contributed by atoms with Crippen LogP contribution in [0, 0.1) is 0 Å². The van der Waals surface area contributed by atoms with E-state index in [1.165, 1.54) is 0 Å². The third-order valence-electron chi connectivity index (χ3n) is 4.10. The molecule has 1 atom stereocenters. The summed E-state index contributed by atoms with van der Waals surface area (Å²) in [6, 6.07) is 6.83. The molecule has 0 amide bonds. The highest BCUT2D eigenvalue weighted by Gasteiger charge is 2.39. The van der Waals surface area contributed by atoms with Gasteiger partial charge in [0.1, 0.15) is 0 Å². The molecule has 1 aromatic rings. The van der Waals surface area contributed by atoms with Crippen molar-refractivity contribution >= 4 is 23.5 Å². The molecule has 8 heteroatoms. The average molecular weight is 395 g/mol. The highest BCUT2D eigenvalue weighted by molar-refractivity contribution is 6.31. The molecule has 1 unspecified atom stereocenters. The monoisotopic (exact) mass is 394 g/mol. The second-order valence-electron chi connectivity index (χ2n) is 5.88. The molecule has 7 nitrogen and oxygen atoms in total. The lowest BCUT2D eigenvalue weighted by molar-refractivity contribution is -0.139. The number of aliphatic carboxylic acids is 1. The Morgan fingerprint density at radius 3 is 2.59 bits per heavy atom. The van der Waals surface area contributed by atoms with Crippen LogP contribution in [0.15, 0.2) is 46.8 Å². The number of carboxylic acid groups (broad SMARTS) is 1. The van der Waals surface area contributed by atoms with Crippen LogP contribution in [0.5, 0.6) is 0 Å². The molecule has 27 heavy (non-hydrogen) atoms. The first kappa shape index (κ1) is 21.0. The zero-order valence-corrected chi connectivity index (χ0v) is 16.0. The number of allylic oxidation sites excluding steroid dienone is 1. The Morgan fingerprint density at radius 1 is 1.30 bits per heavy atom. The lowest BCUT2D eigenvalue weighted by Gasteiger charge is -2.31. The summed E-state index contributed by atoms with van der Waals surface area (Å²) in [5.41, 5.74) is 7.02. The summed E-state index contributed by atoms with van der Waals surface area (Å²) >= 11 is 6.34. The van der Waals surface area contributed by atoms with E-state index in [4.69, 9.17) is 26.8 Å². The standard InChI is InChI=1S/C19H23ClN2O5/c1-3-27-19(25)17-14(10-26-9-8-21)22-11(2)15(18(23)24)16(17)12-6-4-5-7-13(12)20/h4-7,16,22H,3,8-10,21H2,1-2H3,(H,23,24). The fourth-order valence-corrected chi connectivity index (χ4v) is 3.27. The van der Waals surface area contributed by atoms with Gasteiger partial charge in [0.15, 0.2) is 0 Å². The summed E-state index contributed by atoms with van der Waals surface area (Å²) in [5.74, 6) is -2.64. The van der Waals surface area contributed by atoms with Crippen molar-refractivity contribution in [2.75, 3.05) is 26.4 Å². The number of carbonyl (C=O) groups is 2.